The first-order valence-electron chi connectivity index (χ1n) is 0.493. The molecule has 0 aromatic carbocycles. The molecular formula is CH2CuNO. The predicted molar refractivity (Wildman–Crippen MR) is 9.88 cm³/mol. The molecule has 28 valence electrons. The zero-order valence-corrected chi connectivity index (χ0v) is 2.73. The molecule has 1 amide bonds. The molecule has 0 aromatic rings. The van der Waals surface area contributed by atoms with Gasteiger partial charge < -0.3 is 10.5 Å². The molecule has 4 heavy (non-hydrogen) atoms. The summed E-state index contributed by atoms with van der Waals surface area (Å²) in [6.45, 7) is 0. The molecule has 0 aliphatic rings. The van der Waals surface area contributed by atoms with Crippen molar-refractivity contribution in [3.05, 3.63) is 0 Å². The van der Waals surface area contributed by atoms with E-state index in [9.17, 15) is 0 Å². The summed E-state index contributed by atoms with van der Waals surface area (Å²) in [7, 11) is 0. The van der Waals surface area contributed by atoms with Gasteiger partial charge in [0.25, 0.3) is 0 Å². The summed E-state index contributed by atoms with van der Waals surface area (Å²) >= 11 is 0. The van der Waals surface area contributed by atoms with Crippen molar-refractivity contribution in [2.24, 2.45) is 5.73 Å². The average molecular weight is 108 g/mol. The molecule has 0 saturated carbocycles. The van der Waals surface area contributed by atoms with Gasteiger partial charge in [0.1, 0.15) is 0 Å². The summed E-state index contributed by atoms with van der Waals surface area (Å²) in [5, 5.41) is 0. The quantitative estimate of drug-likeness (QED) is 0.241. The van der Waals surface area contributed by atoms with Gasteiger partial charge in [-0.2, -0.15) is 6.41 Å². The fraction of sp³-hybridized carbons (Fsp3) is 0. The van der Waals surface area contributed by atoms with Crippen molar-refractivity contribution in [2.45, 2.75) is 0 Å². The summed E-state index contributed by atoms with van der Waals surface area (Å²) < 4.78 is 0. The van der Waals surface area contributed by atoms with Crippen molar-refractivity contribution < 1.29 is 21.9 Å². The maximum absolute atomic E-state index is 8.46. The number of primary amides is 1. The maximum atomic E-state index is 8.46. The minimum absolute atomic E-state index is 0. The summed E-state index contributed by atoms with van der Waals surface area (Å²) in [4.78, 5) is 8.46. The second kappa shape index (κ2) is 12.1. The Bertz CT molecular complexity index is 15.5. The standard InChI is InChI=1S/CH2NO.Cu/c2-1-3;/h(H2,2,3);/q-1;+1. The van der Waals surface area contributed by atoms with Crippen molar-refractivity contribution in [1.29, 1.82) is 0 Å². The zero-order valence-electron chi connectivity index (χ0n) is 1.79. The van der Waals surface area contributed by atoms with Gasteiger partial charge in [0.15, 0.2) is 0 Å². The Morgan fingerprint density at radius 2 is 1.75 bits per heavy atom. The van der Waals surface area contributed by atoms with E-state index in [1.165, 1.54) is 0 Å². The van der Waals surface area contributed by atoms with E-state index in [1.54, 1.807) is 0 Å². The monoisotopic (exact) mass is 107 g/mol. The van der Waals surface area contributed by atoms with Crippen LogP contribution in [-0.4, -0.2) is 6.41 Å². The Morgan fingerprint density at radius 1 is 1.75 bits per heavy atom. The Labute approximate surface area is 34.8 Å². The number of hydrogen-bond acceptors (Lipinski definition) is 1. The van der Waals surface area contributed by atoms with Crippen LogP contribution in [0.4, 0.5) is 0 Å². The van der Waals surface area contributed by atoms with Crippen LogP contribution >= 0.6 is 0 Å². The van der Waals surface area contributed by atoms with Crippen LogP contribution in [0.5, 0.6) is 0 Å². The van der Waals surface area contributed by atoms with Crippen LogP contribution in [0.3, 0.4) is 0 Å². The average Bonchev–Trinajstić information content (AvgIpc) is 0.918. The Balaban J connectivity index is 0. The van der Waals surface area contributed by atoms with E-state index in [-0.39, 0.29) is 17.1 Å². The van der Waals surface area contributed by atoms with Gasteiger partial charge in [-0.15, -0.1) is 0 Å². The predicted octanol–water partition coefficient (Wildman–Crippen LogP) is -0.990. The molecule has 0 radical (unpaired) electrons. The fourth-order valence-corrected chi connectivity index (χ4v) is 0. The van der Waals surface area contributed by atoms with E-state index in [0.29, 0.717) is 0 Å². The van der Waals surface area contributed by atoms with Crippen molar-refractivity contribution in [3.63, 3.8) is 0 Å². The third kappa shape index (κ3) is 17600. The topological polar surface area (TPSA) is 43.1 Å². The van der Waals surface area contributed by atoms with Gasteiger partial charge >= 0.3 is 17.1 Å². The molecule has 0 spiro atoms. The van der Waals surface area contributed by atoms with Crippen LogP contribution in [0.2, 0.25) is 0 Å². The van der Waals surface area contributed by atoms with Gasteiger partial charge in [-0.25, -0.2) is 0 Å². The largest absolute Gasteiger partial charge is 1.00 e. The molecule has 0 aliphatic heterocycles. The van der Waals surface area contributed by atoms with Crippen LogP contribution in [0, 0.1) is 0 Å². The van der Waals surface area contributed by atoms with Crippen LogP contribution < -0.4 is 5.73 Å². The Kier molecular flexibility index (Phi) is 27.2. The molecule has 3 heteroatoms. The first-order valence-corrected chi connectivity index (χ1v) is 0.493. The van der Waals surface area contributed by atoms with E-state index in [4.69, 9.17) is 4.79 Å². The third-order valence-corrected chi connectivity index (χ3v) is 0. The molecule has 0 rings (SSSR count). The second-order valence-electron chi connectivity index (χ2n) is 0.118. The van der Waals surface area contributed by atoms with Gasteiger partial charge in [-0.05, 0) is 0 Å². The maximum Gasteiger partial charge on any atom is 1.00 e. The van der Waals surface area contributed by atoms with Crippen molar-refractivity contribution in [3.8, 4) is 0 Å². The van der Waals surface area contributed by atoms with E-state index < -0.39 is 0 Å². The minimum Gasteiger partial charge on any atom is -0.543 e. The van der Waals surface area contributed by atoms with Crippen molar-refractivity contribution in [1.82, 2.24) is 0 Å². The van der Waals surface area contributed by atoms with Crippen molar-refractivity contribution in [2.75, 3.05) is 0 Å². The minimum atomic E-state index is 0. The molecular weight excluding hydrogens is 106 g/mol. The van der Waals surface area contributed by atoms with Crippen LogP contribution in [-0.2, 0) is 21.9 Å². The smallest absolute Gasteiger partial charge is 0.543 e. The number of carbonyl (C=O) groups excluding carboxylic acids is 1. The van der Waals surface area contributed by atoms with Gasteiger partial charge in [0.05, 0.1) is 0 Å². The van der Waals surface area contributed by atoms with E-state index in [2.05, 4.69) is 5.73 Å². The number of rotatable bonds is 0. The molecule has 0 aromatic heterocycles. The molecule has 0 fully saturated rings. The number of amides is 1. The van der Waals surface area contributed by atoms with E-state index in [1.807, 2.05) is 0 Å². The summed E-state index contributed by atoms with van der Waals surface area (Å²) in [6, 6.07) is 0. The van der Waals surface area contributed by atoms with E-state index >= 15 is 0 Å². The molecule has 2 N–H and O–H groups in total. The summed E-state index contributed by atoms with van der Waals surface area (Å²) in [5.74, 6) is 0. The SMILES string of the molecule is N[C-]=O.[Cu+]. The summed E-state index contributed by atoms with van der Waals surface area (Å²) in [5.41, 5.74) is 4.04. The zero-order chi connectivity index (χ0) is 2.71. The van der Waals surface area contributed by atoms with Crippen molar-refractivity contribution >= 4 is 6.41 Å². The van der Waals surface area contributed by atoms with Gasteiger partial charge in [-0.3, -0.25) is 0 Å². The van der Waals surface area contributed by atoms with Gasteiger partial charge in [0, 0.05) is 0 Å². The molecule has 0 heterocycles. The molecule has 0 unspecified atom stereocenters. The second-order valence-corrected chi connectivity index (χ2v) is 0.118. The van der Waals surface area contributed by atoms with Gasteiger partial charge in [-0.1, -0.05) is 0 Å². The molecule has 2 nitrogen and oxygen atoms in total. The first kappa shape index (κ1) is 9.01. The fourth-order valence-electron chi connectivity index (χ4n) is 0. The number of hydrogen-bond donors (Lipinski definition) is 1. The first-order chi connectivity index (χ1) is 1.41. The van der Waals surface area contributed by atoms with E-state index in [0.717, 1.165) is 6.41 Å². The molecule has 0 bridgehead atoms. The van der Waals surface area contributed by atoms with Crippen LogP contribution in [0.15, 0.2) is 0 Å². The molecule has 0 atom stereocenters. The Morgan fingerprint density at radius 3 is 1.75 bits per heavy atom. The normalized spacial score (nSPS) is 3.00. The Hall–Kier alpha value is -0.0105. The third-order valence-electron chi connectivity index (χ3n) is 0. The summed E-state index contributed by atoms with van der Waals surface area (Å²) in [6.07, 6.45) is 1.00. The van der Waals surface area contributed by atoms with Crippen LogP contribution in [0.25, 0.3) is 0 Å². The molecule has 0 aliphatic carbocycles. The molecule has 0 saturated heterocycles. The number of nitrogens with two attached hydrogens (primary N) is 1. The van der Waals surface area contributed by atoms with Gasteiger partial charge in [0.2, 0.25) is 0 Å². The van der Waals surface area contributed by atoms with Crippen LogP contribution in [0.1, 0.15) is 0 Å².